The molecule has 2 N–H and O–H groups in total. The molecule has 6 nitrogen and oxygen atoms in total. The zero-order valence-electron chi connectivity index (χ0n) is 18.0. The number of aromatic nitrogens is 3. The number of rotatable bonds is 5. The molecule has 0 saturated carbocycles. The van der Waals surface area contributed by atoms with E-state index in [0.29, 0.717) is 29.2 Å². The van der Waals surface area contributed by atoms with E-state index >= 15 is 0 Å². The SMILES string of the molecule is C[C@H](CC(=O)Nc1nc2ccc(C(C)(C)O)nc2n1C(C)(C)C)c1ccccc1. The van der Waals surface area contributed by atoms with Crippen molar-refractivity contribution < 1.29 is 9.90 Å². The van der Waals surface area contributed by atoms with Crippen molar-refractivity contribution in [1.29, 1.82) is 0 Å². The molecule has 0 aliphatic heterocycles. The highest BCUT2D eigenvalue weighted by Gasteiger charge is 2.26. The average molecular weight is 395 g/mol. The van der Waals surface area contributed by atoms with Gasteiger partial charge in [0.05, 0.1) is 5.69 Å². The van der Waals surface area contributed by atoms with Crippen molar-refractivity contribution >= 4 is 23.0 Å². The van der Waals surface area contributed by atoms with Gasteiger partial charge >= 0.3 is 0 Å². The molecule has 0 aliphatic carbocycles. The zero-order chi connectivity index (χ0) is 21.4. The molecule has 2 heterocycles. The number of amides is 1. The van der Waals surface area contributed by atoms with Crippen molar-refractivity contribution in [1.82, 2.24) is 14.5 Å². The molecule has 0 saturated heterocycles. The number of benzene rings is 1. The van der Waals surface area contributed by atoms with E-state index in [0.717, 1.165) is 5.56 Å². The van der Waals surface area contributed by atoms with Gasteiger partial charge < -0.3 is 5.11 Å². The number of hydrogen-bond donors (Lipinski definition) is 2. The van der Waals surface area contributed by atoms with Gasteiger partial charge in [-0.05, 0) is 58.2 Å². The Kier molecular flexibility index (Phi) is 5.50. The molecule has 0 spiro atoms. The van der Waals surface area contributed by atoms with Crippen molar-refractivity contribution in [2.24, 2.45) is 0 Å². The van der Waals surface area contributed by atoms with Gasteiger partial charge in [-0.1, -0.05) is 37.3 Å². The van der Waals surface area contributed by atoms with Crippen LogP contribution in [0, 0.1) is 0 Å². The predicted molar refractivity (Wildman–Crippen MR) is 116 cm³/mol. The molecule has 6 heteroatoms. The Labute approximate surface area is 172 Å². The van der Waals surface area contributed by atoms with E-state index in [9.17, 15) is 9.90 Å². The molecule has 154 valence electrons. The standard InChI is InChI=1S/C23H30N4O2/c1-15(16-10-8-7-9-11-16)14-19(28)26-21-24-17-12-13-18(23(5,6)29)25-20(17)27(21)22(2,3)4/h7-13,15,29H,14H2,1-6H3,(H,24,26,28)/t15-/m1/s1. The second-order valence-corrected chi connectivity index (χ2v) is 9.10. The molecule has 1 amide bonds. The summed E-state index contributed by atoms with van der Waals surface area (Å²) in [5, 5.41) is 13.3. The lowest BCUT2D eigenvalue weighted by Crippen LogP contribution is -2.27. The number of nitrogens with zero attached hydrogens (tertiary/aromatic N) is 3. The number of nitrogens with one attached hydrogen (secondary N) is 1. The molecule has 2 aromatic heterocycles. The molecule has 0 bridgehead atoms. The maximum absolute atomic E-state index is 12.8. The lowest BCUT2D eigenvalue weighted by molar-refractivity contribution is -0.116. The van der Waals surface area contributed by atoms with Crippen molar-refractivity contribution in [2.45, 2.75) is 65.0 Å². The quantitative estimate of drug-likeness (QED) is 0.665. The van der Waals surface area contributed by atoms with Crippen molar-refractivity contribution in [3.63, 3.8) is 0 Å². The van der Waals surface area contributed by atoms with Crippen LogP contribution < -0.4 is 5.32 Å². The van der Waals surface area contributed by atoms with Crippen LogP contribution in [0.4, 0.5) is 5.95 Å². The Morgan fingerprint density at radius 1 is 1.07 bits per heavy atom. The lowest BCUT2D eigenvalue weighted by atomic mass is 9.98. The zero-order valence-corrected chi connectivity index (χ0v) is 18.0. The summed E-state index contributed by atoms with van der Waals surface area (Å²) in [6.45, 7) is 11.6. The van der Waals surface area contributed by atoms with Crippen LogP contribution in [-0.2, 0) is 15.9 Å². The Morgan fingerprint density at radius 2 is 1.72 bits per heavy atom. The molecule has 0 aliphatic rings. The third-order valence-corrected chi connectivity index (χ3v) is 4.91. The minimum atomic E-state index is -1.06. The minimum absolute atomic E-state index is 0.0927. The van der Waals surface area contributed by atoms with Crippen LogP contribution in [-0.4, -0.2) is 25.5 Å². The maximum Gasteiger partial charge on any atom is 0.227 e. The highest BCUT2D eigenvalue weighted by molar-refractivity contribution is 5.91. The number of anilines is 1. The van der Waals surface area contributed by atoms with E-state index < -0.39 is 5.60 Å². The van der Waals surface area contributed by atoms with Gasteiger partial charge in [-0.15, -0.1) is 0 Å². The van der Waals surface area contributed by atoms with Crippen LogP contribution in [0.25, 0.3) is 11.2 Å². The minimum Gasteiger partial charge on any atom is -0.384 e. The summed E-state index contributed by atoms with van der Waals surface area (Å²) in [4.78, 5) is 22.0. The number of fused-ring (bicyclic) bond motifs is 1. The molecular formula is C23H30N4O2. The molecule has 1 aromatic carbocycles. The van der Waals surface area contributed by atoms with Gasteiger partial charge in [0, 0.05) is 12.0 Å². The highest BCUT2D eigenvalue weighted by Crippen LogP contribution is 2.29. The topological polar surface area (TPSA) is 80.0 Å². The number of carbonyl (C=O) groups excluding carboxylic acids is 1. The van der Waals surface area contributed by atoms with Crippen molar-refractivity contribution in [2.75, 3.05) is 5.32 Å². The summed E-state index contributed by atoms with van der Waals surface area (Å²) in [6.07, 6.45) is 0.361. The number of hydrogen-bond acceptors (Lipinski definition) is 4. The summed E-state index contributed by atoms with van der Waals surface area (Å²) in [5.41, 5.74) is 1.60. The number of pyridine rings is 1. The van der Waals surface area contributed by atoms with E-state index in [1.165, 1.54) is 0 Å². The fourth-order valence-electron chi connectivity index (χ4n) is 3.37. The largest absolute Gasteiger partial charge is 0.384 e. The molecule has 0 radical (unpaired) electrons. The molecule has 1 atom stereocenters. The van der Waals surface area contributed by atoms with Gasteiger partial charge in [0.2, 0.25) is 11.9 Å². The predicted octanol–water partition coefficient (Wildman–Crippen LogP) is 4.55. The second-order valence-electron chi connectivity index (χ2n) is 9.10. The van der Waals surface area contributed by atoms with Crippen LogP contribution in [0.1, 0.15) is 65.1 Å². The normalized spacial score (nSPS) is 13.5. The second kappa shape index (κ2) is 7.59. The Morgan fingerprint density at radius 3 is 2.31 bits per heavy atom. The van der Waals surface area contributed by atoms with Crippen LogP contribution in [0.2, 0.25) is 0 Å². The fourth-order valence-corrected chi connectivity index (χ4v) is 3.37. The van der Waals surface area contributed by atoms with E-state index in [1.54, 1.807) is 19.9 Å². The fraction of sp³-hybridized carbons (Fsp3) is 0.435. The molecular weight excluding hydrogens is 364 g/mol. The summed E-state index contributed by atoms with van der Waals surface area (Å²) in [5.74, 6) is 0.478. The molecule has 3 aromatic rings. The van der Waals surface area contributed by atoms with Gasteiger partial charge in [0.15, 0.2) is 5.65 Å². The van der Waals surface area contributed by atoms with Gasteiger partial charge in [-0.3, -0.25) is 14.7 Å². The van der Waals surface area contributed by atoms with Gasteiger partial charge in [-0.25, -0.2) is 9.97 Å². The number of aliphatic hydroxyl groups is 1. The van der Waals surface area contributed by atoms with E-state index in [2.05, 4.69) is 15.3 Å². The van der Waals surface area contributed by atoms with Gasteiger partial charge in [-0.2, -0.15) is 0 Å². The van der Waals surface area contributed by atoms with Gasteiger partial charge in [0.1, 0.15) is 11.1 Å². The van der Waals surface area contributed by atoms with E-state index in [4.69, 9.17) is 0 Å². The smallest absolute Gasteiger partial charge is 0.227 e. The Bertz CT molecular complexity index is 1010. The molecule has 29 heavy (non-hydrogen) atoms. The van der Waals surface area contributed by atoms with Crippen molar-refractivity contribution in [3.8, 4) is 0 Å². The molecule has 0 unspecified atom stereocenters. The van der Waals surface area contributed by atoms with Crippen LogP contribution in [0.5, 0.6) is 0 Å². The van der Waals surface area contributed by atoms with Crippen LogP contribution in [0.3, 0.4) is 0 Å². The monoisotopic (exact) mass is 394 g/mol. The number of imidazole rings is 1. The van der Waals surface area contributed by atoms with Crippen molar-refractivity contribution in [3.05, 3.63) is 53.7 Å². The summed E-state index contributed by atoms with van der Waals surface area (Å²) >= 11 is 0. The molecule has 0 fully saturated rings. The summed E-state index contributed by atoms with van der Waals surface area (Å²) < 4.78 is 1.92. The average Bonchev–Trinajstić information content (AvgIpc) is 2.98. The number of carbonyl (C=O) groups is 1. The Hall–Kier alpha value is -2.73. The first kappa shape index (κ1) is 21.0. The van der Waals surface area contributed by atoms with Crippen LogP contribution in [0.15, 0.2) is 42.5 Å². The van der Waals surface area contributed by atoms with E-state index in [1.807, 2.05) is 68.7 Å². The maximum atomic E-state index is 12.8. The van der Waals surface area contributed by atoms with Gasteiger partial charge in [0.25, 0.3) is 0 Å². The first-order chi connectivity index (χ1) is 13.5. The Balaban J connectivity index is 1.93. The van der Waals surface area contributed by atoms with E-state index in [-0.39, 0.29) is 17.4 Å². The third-order valence-electron chi connectivity index (χ3n) is 4.91. The lowest BCUT2D eigenvalue weighted by Gasteiger charge is -2.25. The molecule has 3 rings (SSSR count). The summed E-state index contributed by atoms with van der Waals surface area (Å²) in [6, 6.07) is 13.6. The first-order valence-electron chi connectivity index (χ1n) is 9.94. The summed E-state index contributed by atoms with van der Waals surface area (Å²) in [7, 11) is 0. The van der Waals surface area contributed by atoms with Crippen LogP contribution >= 0.6 is 0 Å². The third kappa shape index (κ3) is 4.65. The first-order valence-corrected chi connectivity index (χ1v) is 9.94. The highest BCUT2D eigenvalue weighted by atomic mass is 16.3.